The number of benzene rings is 1. The van der Waals surface area contributed by atoms with Crippen LogP contribution in [-0.4, -0.2) is 25.5 Å². The monoisotopic (exact) mass is 254 g/mol. The first-order valence-electron chi connectivity index (χ1n) is 5.40. The lowest BCUT2D eigenvalue weighted by Crippen LogP contribution is -2.40. The molecule has 1 amide bonds. The lowest BCUT2D eigenvalue weighted by molar-refractivity contribution is -0.122. The van der Waals surface area contributed by atoms with Gasteiger partial charge in [-0.15, -0.1) is 12.4 Å². The van der Waals surface area contributed by atoms with Crippen LogP contribution in [0.25, 0.3) is 6.08 Å². The van der Waals surface area contributed by atoms with Crippen LogP contribution in [0.15, 0.2) is 36.4 Å². The van der Waals surface area contributed by atoms with E-state index in [2.05, 4.69) is 10.6 Å². The number of nitrogens with one attached hydrogen (secondary N) is 2. The van der Waals surface area contributed by atoms with Crippen molar-refractivity contribution in [1.82, 2.24) is 10.6 Å². The Morgan fingerprint density at radius 2 is 2.00 bits per heavy atom. The second-order valence-electron chi connectivity index (χ2n) is 3.56. The third-order valence-electron chi connectivity index (χ3n) is 2.29. The van der Waals surface area contributed by atoms with Crippen LogP contribution >= 0.6 is 12.4 Å². The number of likely N-dealkylation sites (N-methyl/N-ethyl adjacent to an activating group) is 1. The fourth-order valence-corrected chi connectivity index (χ4v) is 1.31. The topological polar surface area (TPSA) is 41.1 Å². The first-order valence-corrected chi connectivity index (χ1v) is 5.40. The van der Waals surface area contributed by atoms with E-state index in [1.165, 1.54) is 0 Å². The Labute approximate surface area is 109 Å². The number of rotatable bonds is 5. The summed E-state index contributed by atoms with van der Waals surface area (Å²) in [7, 11) is 1.64. The average molecular weight is 255 g/mol. The molecule has 0 bridgehead atoms. The molecule has 2 N–H and O–H groups in total. The van der Waals surface area contributed by atoms with Gasteiger partial charge in [0.25, 0.3) is 0 Å². The van der Waals surface area contributed by atoms with Crippen LogP contribution in [0.5, 0.6) is 0 Å². The van der Waals surface area contributed by atoms with Crippen molar-refractivity contribution < 1.29 is 4.79 Å². The third kappa shape index (κ3) is 6.09. The van der Waals surface area contributed by atoms with E-state index in [1.54, 1.807) is 7.05 Å². The maximum atomic E-state index is 11.2. The molecule has 17 heavy (non-hydrogen) atoms. The Hall–Kier alpha value is -1.32. The van der Waals surface area contributed by atoms with Gasteiger partial charge in [-0.3, -0.25) is 4.79 Å². The van der Waals surface area contributed by atoms with Crippen LogP contribution in [0.3, 0.4) is 0 Å². The summed E-state index contributed by atoms with van der Waals surface area (Å²) in [5.74, 6) is 0.00751. The highest BCUT2D eigenvalue weighted by Crippen LogP contribution is 1.99. The molecule has 0 aliphatic carbocycles. The summed E-state index contributed by atoms with van der Waals surface area (Å²) >= 11 is 0. The van der Waals surface area contributed by atoms with Crippen molar-refractivity contribution in [2.24, 2.45) is 0 Å². The number of carbonyl (C=O) groups is 1. The first-order chi connectivity index (χ1) is 7.74. The summed E-state index contributed by atoms with van der Waals surface area (Å²) in [5.41, 5.74) is 1.16. The van der Waals surface area contributed by atoms with Gasteiger partial charge in [-0.25, -0.2) is 0 Å². The van der Waals surface area contributed by atoms with Crippen molar-refractivity contribution >= 4 is 24.4 Å². The minimum absolute atomic E-state index is 0. The molecule has 0 radical (unpaired) electrons. The smallest absolute Gasteiger partial charge is 0.236 e. The Kier molecular flexibility index (Phi) is 8.11. The summed E-state index contributed by atoms with van der Waals surface area (Å²) in [6.07, 6.45) is 4.04. The predicted molar refractivity (Wildman–Crippen MR) is 74.3 cm³/mol. The van der Waals surface area contributed by atoms with Crippen molar-refractivity contribution in [3.63, 3.8) is 0 Å². The Morgan fingerprint density at radius 3 is 2.59 bits per heavy atom. The fourth-order valence-electron chi connectivity index (χ4n) is 1.31. The van der Waals surface area contributed by atoms with Crippen molar-refractivity contribution in [1.29, 1.82) is 0 Å². The van der Waals surface area contributed by atoms with Crippen LogP contribution in [0, 0.1) is 0 Å². The molecule has 0 saturated heterocycles. The minimum Gasteiger partial charge on any atom is -0.358 e. The van der Waals surface area contributed by atoms with Gasteiger partial charge in [0.15, 0.2) is 0 Å². The van der Waals surface area contributed by atoms with Gasteiger partial charge in [-0.1, -0.05) is 42.5 Å². The molecule has 3 nitrogen and oxygen atoms in total. The van der Waals surface area contributed by atoms with E-state index >= 15 is 0 Å². The van der Waals surface area contributed by atoms with Crippen LogP contribution in [0.2, 0.25) is 0 Å². The molecule has 0 aromatic heterocycles. The highest BCUT2D eigenvalue weighted by Gasteiger charge is 2.07. The molecular formula is C13H19ClN2O. The van der Waals surface area contributed by atoms with Gasteiger partial charge < -0.3 is 10.6 Å². The van der Waals surface area contributed by atoms with Crippen molar-refractivity contribution in [2.45, 2.75) is 13.0 Å². The summed E-state index contributed by atoms with van der Waals surface area (Å²) in [6, 6.07) is 9.91. The molecule has 94 valence electrons. The van der Waals surface area contributed by atoms with Gasteiger partial charge in [0.2, 0.25) is 5.91 Å². The van der Waals surface area contributed by atoms with E-state index < -0.39 is 0 Å². The molecule has 0 saturated carbocycles. The molecule has 0 spiro atoms. The lowest BCUT2D eigenvalue weighted by atomic mass is 10.2. The fraction of sp³-hybridized carbons (Fsp3) is 0.308. The number of amides is 1. The van der Waals surface area contributed by atoms with Crippen molar-refractivity contribution in [3.8, 4) is 0 Å². The highest BCUT2D eigenvalue weighted by molar-refractivity contribution is 5.85. The largest absolute Gasteiger partial charge is 0.358 e. The SMILES string of the molecule is CNC(=O)[C@@H](C)NC/C=C/c1ccccc1.Cl. The normalized spacial score (nSPS) is 11.9. The molecule has 0 aliphatic rings. The van der Waals surface area contributed by atoms with E-state index in [-0.39, 0.29) is 24.4 Å². The molecule has 0 aliphatic heterocycles. The molecule has 1 aromatic carbocycles. The minimum atomic E-state index is -0.162. The number of hydrogen-bond acceptors (Lipinski definition) is 2. The Balaban J connectivity index is 0.00000256. The molecular weight excluding hydrogens is 236 g/mol. The first kappa shape index (κ1) is 15.7. The molecule has 0 fully saturated rings. The maximum Gasteiger partial charge on any atom is 0.236 e. The van der Waals surface area contributed by atoms with E-state index in [4.69, 9.17) is 0 Å². The van der Waals surface area contributed by atoms with Gasteiger partial charge in [0.1, 0.15) is 0 Å². The highest BCUT2D eigenvalue weighted by atomic mass is 35.5. The van der Waals surface area contributed by atoms with E-state index in [0.717, 1.165) is 5.56 Å². The molecule has 0 heterocycles. The molecule has 1 aromatic rings. The Morgan fingerprint density at radius 1 is 1.35 bits per heavy atom. The molecule has 0 unspecified atom stereocenters. The van der Waals surface area contributed by atoms with Gasteiger partial charge in [0.05, 0.1) is 6.04 Å². The number of hydrogen-bond donors (Lipinski definition) is 2. The third-order valence-corrected chi connectivity index (χ3v) is 2.29. The molecule has 1 atom stereocenters. The summed E-state index contributed by atoms with van der Waals surface area (Å²) in [5, 5.41) is 5.70. The van der Waals surface area contributed by atoms with Gasteiger partial charge in [0, 0.05) is 13.6 Å². The van der Waals surface area contributed by atoms with E-state index in [0.29, 0.717) is 6.54 Å². The second-order valence-corrected chi connectivity index (χ2v) is 3.56. The van der Waals surface area contributed by atoms with Crippen molar-refractivity contribution in [2.75, 3.05) is 13.6 Å². The number of halogens is 1. The summed E-state index contributed by atoms with van der Waals surface area (Å²) in [4.78, 5) is 11.2. The lowest BCUT2D eigenvalue weighted by Gasteiger charge is -2.09. The molecule has 4 heteroatoms. The van der Waals surface area contributed by atoms with Gasteiger partial charge in [-0.05, 0) is 12.5 Å². The van der Waals surface area contributed by atoms with Crippen LogP contribution in [0.1, 0.15) is 12.5 Å². The zero-order valence-corrected chi connectivity index (χ0v) is 11.0. The standard InChI is InChI=1S/C13H18N2O.ClH/c1-11(13(16)14-2)15-10-6-9-12-7-4-3-5-8-12;/h3-9,11,15H,10H2,1-2H3,(H,14,16);1H/b9-6+;/t11-;/m1./s1. The second kappa shape index (κ2) is 8.79. The Bertz CT molecular complexity index is 352. The predicted octanol–water partition coefficient (Wildman–Crippen LogP) is 1.85. The maximum absolute atomic E-state index is 11.2. The van der Waals surface area contributed by atoms with E-state index in [9.17, 15) is 4.79 Å². The van der Waals surface area contributed by atoms with Crippen molar-refractivity contribution in [3.05, 3.63) is 42.0 Å². The van der Waals surface area contributed by atoms with Crippen LogP contribution in [0.4, 0.5) is 0 Å². The van der Waals surface area contributed by atoms with Gasteiger partial charge >= 0.3 is 0 Å². The summed E-state index contributed by atoms with van der Waals surface area (Å²) in [6.45, 7) is 2.53. The quantitative estimate of drug-likeness (QED) is 0.842. The summed E-state index contributed by atoms with van der Waals surface area (Å²) < 4.78 is 0. The molecule has 1 rings (SSSR count). The van der Waals surface area contributed by atoms with Crippen LogP contribution < -0.4 is 10.6 Å². The van der Waals surface area contributed by atoms with Crippen LogP contribution in [-0.2, 0) is 4.79 Å². The average Bonchev–Trinajstić information content (AvgIpc) is 2.34. The number of carbonyl (C=O) groups excluding carboxylic acids is 1. The van der Waals surface area contributed by atoms with Gasteiger partial charge in [-0.2, -0.15) is 0 Å². The zero-order chi connectivity index (χ0) is 11.8. The zero-order valence-electron chi connectivity index (χ0n) is 10.1. The van der Waals surface area contributed by atoms with E-state index in [1.807, 2.05) is 49.4 Å².